The van der Waals surface area contributed by atoms with Crippen LogP contribution in [0.5, 0.6) is 6.01 Å². The van der Waals surface area contributed by atoms with E-state index in [4.69, 9.17) is 0 Å². The summed E-state index contributed by atoms with van der Waals surface area (Å²) in [6.07, 6.45) is 0. The Labute approximate surface area is 46.9 Å². The predicted molar refractivity (Wildman–Crippen MR) is 27.7 cm³/mol. The lowest BCUT2D eigenvalue weighted by molar-refractivity contribution is 0.381. The van der Waals surface area contributed by atoms with Gasteiger partial charge in [0.2, 0.25) is 0 Å². The van der Waals surface area contributed by atoms with E-state index in [-0.39, 0.29) is 0 Å². The van der Waals surface area contributed by atoms with Crippen molar-refractivity contribution in [2.24, 2.45) is 0 Å². The van der Waals surface area contributed by atoms with Gasteiger partial charge in [0.25, 0.3) is 0 Å². The summed E-state index contributed by atoms with van der Waals surface area (Å²) >= 11 is 0. The first-order valence-corrected chi connectivity index (χ1v) is 2.26. The Bertz CT molecular complexity index is 172. The molecular formula is C4H7N3O. The van der Waals surface area contributed by atoms with Crippen molar-refractivity contribution in [1.82, 2.24) is 15.2 Å². The number of aromatic nitrogens is 3. The van der Waals surface area contributed by atoms with Gasteiger partial charge >= 0.3 is 6.01 Å². The van der Waals surface area contributed by atoms with Crippen LogP contribution in [-0.4, -0.2) is 22.3 Å². The Balaban J connectivity index is 2.84. The van der Waals surface area contributed by atoms with Crippen molar-refractivity contribution in [3.05, 3.63) is 5.82 Å². The van der Waals surface area contributed by atoms with E-state index >= 15 is 0 Å². The van der Waals surface area contributed by atoms with Gasteiger partial charge in [-0.05, 0) is 6.92 Å². The van der Waals surface area contributed by atoms with E-state index in [2.05, 4.69) is 19.9 Å². The molecule has 1 N–H and O–H groups in total. The molecule has 8 heavy (non-hydrogen) atoms. The molecule has 0 amide bonds. The molecule has 0 saturated carbocycles. The van der Waals surface area contributed by atoms with Crippen LogP contribution in [0.25, 0.3) is 0 Å². The monoisotopic (exact) mass is 113 g/mol. The van der Waals surface area contributed by atoms with Crippen molar-refractivity contribution in [3.63, 3.8) is 0 Å². The number of H-pyrrole nitrogens is 1. The minimum atomic E-state index is 0.391. The van der Waals surface area contributed by atoms with Crippen LogP contribution in [0.2, 0.25) is 0 Å². The lowest BCUT2D eigenvalue weighted by Gasteiger charge is -1.83. The van der Waals surface area contributed by atoms with Gasteiger partial charge in [-0.1, -0.05) is 0 Å². The van der Waals surface area contributed by atoms with Crippen molar-refractivity contribution in [2.75, 3.05) is 7.11 Å². The molecule has 0 aliphatic heterocycles. The maximum atomic E-state index is 4.68. The standard InChI is InChI=1S/C4H7N3O/c1-3-5-4(8-2)7-6-3/h1-2H3,(H,5,6,7). The predicted octanol–water partition coefficient (Wildman–Crippen LogP) is 0.122. The molecule has 44 valence electrons. The van der Waals surface area contributed by atoms with Gasteiger partial charge in [0.05, 0.1) is 7.11 Å². The highest BCUT2D eigenvalue weighted by Gasteiger charge is 1.93. The topological polar surface area (TPSA) is 50.8 Å². The molecule has 4 nitrogen and oxygen atoms in total. The van der Waals surface area contributed by atoms with Crippen LogP contribution in [-0.2, 0) is 0 Å². The van der Waals surface area contributed by atoms with Crippen LogP contribution in [0.3, 0.4) is 0 Å². The second kappa shape index (κ2) is 1.81. The number of ether oxygens (including phenoxy) is 1. The molecule has 0 aromatic carbocycles. The maximum Gasteiger partial charge on any atom is 0.335 e. The highest BCUT2D eigenvalue weighted by molar-refractivity contribution is 4.91. The lowest BCUT2D eigenvalue weighted by atomic mass is 10.8. The second-order valence-corrected chi connectivity index (χ2v) is 1.41. The van der Waals surface area contributed by atoms with Crippen LogP contribution in [0, 0.1) is 6.92 Å². The molecule has 0 spiro atoms. The summed E-state index contributed by atoms with van der Waals surface area (Å²) in [4.78, 5) is 3.84. The van der Waals surface area contributed by atoms with Crippen molar-refractivity contribution in [3.8, 4) is 6.01 Å². The fourth-order valence-corrected chi connectivity index (χ4v) is 0.413. The Hall–Kier alpha value is -1.06. The normalized spacial score (nSPS) is 9.25. The summed E-state index contributed by atoms with van der Waals surface area (Å²) in [6.45, 7) is 1.82. The first-order valence-electron chi connectivity index (χ1n) is 2.26. The first-order chi connectivity index (χ1) is 3.83. The number of methoxy groups -OCH3 is 1. The summed E-state index contributed by atoms with van der Waals surface area (Å²) in [5, 5.41) is 6.31. The number of rotatable bonds is 1. The molecule has 0 unspecified atom stereocenters. The summed E-state index contributed by atoms with van der Waals surface area (Å²) in [5.74, 6) is 0.766. The molecular weight excluding hydrogens is 106 g/mol. The first kappa shape index (κ1) is 5.08. The average Bonchev–Trinajstić information content (AvgIpc) is 2.14. The van der Waals surface area contributed by atoms with E-state index < -0.39 is 0 Å². The molecule has 0 bridgehead atoms. The van der Waals surface area contributed by atoms with E-state index in [1.807, 2.05) is 6.92 Å². The van der Waals surface area contributed by atoms with Gasteiger partial charge < -0.3 is 4.74 Å². The molecule has 0 aliphatic carbocycles. The highest BCUT2D eigenvalue weighted by atomic mass is 16.5. The molecule has 0 saturated heterocycles. The van der Waals surface area contributed by atoms with Crippen LogP contribution in [0.15, 0.2) is 0 Å². The van der Waals surface area contributed by atoms with E-state index in [0.717, 1.165) is 5.82 Å². The Kier molecular flexibility index (Phi) is 1.15. The van der Waals surface area contributed by atoms with E-state index in [1.165, 1.54) is 7.11 Å². The molecule has 1 heterocycles. The van der Waals surface area contributed by atoms with E-state index in [1.54, 1.807) is 0 Å². The largest absolute Gasteiger partial charge is 0.466 e. The molecule has 1 rings (SSSR count). The molecule has 0 radical (unpaired) electrons. The Morgan fingerprint density at radius 2 is 2.38 bits per heavy atom. The van der Waals surface area contributed by atoms with Gasteiger partial charge in [-0.25, -0.2) is 0 Å². The Morgan fingerprint density at radius 3 is 2.62 bits per heavy atom. The Morgan fingerprint density at radius 1 is 1.62 bits per heavy atom. The third-order valence-electron chi connectivity index (χ3n) is 0.759. The zero-order valence-electron chi connectivity index (χ0n) is 4.80. The van der Waals surface area contributed by atoms with E-state index in [9.17, 15) is 0 Å². The van der Waals surface area contributed by atoms with Crippen LogP contribution in [0.4, 0.5) is 0 Å². The summed E-state index contributed by atoms with van der Waals surface area (Å²) in [5.41, 5.74) is 0. The smallest absolute Gasteiger partial charge is 0.335 e. The molecule has 0 fully saturated rings. The number of nitrogens with one attached hydrogen (secondary N) is 1. The fourth-order valence-electron chi connectivity index (χ4n) is 0.413. The molecule has 1 aromatic rings. The average molecular weight is 113 g/mol. The third kappa shape index (κ3) is 0.776. The molecule has 1 aromatic heterocycles. The summed E-state index contributed by atoms with van der Waals surface area (Å²) in [6, 6.07) is 0.391. The van der Waals surface area contributed by atoms with E-state index in [0.29, 0.717) is 6.01 Å². The molecule has 4 heteroatoms. The fraction of sp³-hybridized carbons (Fsp3) is 0.500. The summed E-state index contributed by atoms with van der Waals surface area (Å²) < 4.78 is 4.68. The van der Waals surface area contributed by atoms with Crippen molar-refractivity contribution in [1.29, 1.82) is 0 Å². The quantitative estimate of drug-likeness (QED) is 0.562. The number of nitrogens with zero attached hydrogens (tertiary/aromatic N) is 2. The van der Waals surface area contributed by atoms with Gasteiger partial charge in [0.15, 0.2) is 0 Å². The van der Waals surface area contributed by atoms with Crippen molar-refractivity contribution in [2.45, 2.75) is 6.92 Å². The zero-order valence-corrected chi connectivity index (χ0v) is 4.80. The van der Waals surface area contributed by atoms with Gasteiger partial charge in [0.1, 0.15) is 5.82 Å². The summed E-state index contributed by atoms with van der Waals surface area (Å²) in [7, 11) is 1.53. The minimum Gasteiger partial charge on any atom is -0.466 e. The van der Waals surface area contributed by atoms with Crippen LogP contribution < -0.4 is 4.74 Å². The number of hydrogen-bond donors (Lipinski definition) is 1. The van der Waals surface area contributed by atoms with Gasteiger partial charge in [0, 0.05) is 0 Å². The van der Waals surface area contributed by atoms with Crippen LogP contribution >= 0.6 is 0 Å². The number of hydrogen-bond acceptors (Lipinski definition) is 3. The molecule has 0 atom stereocenters. The number of aryl methyl sites for hydroxylation is 1. The van der Waals surface area contributed by atoms with Crippen molar-refractivity contribution < 1.29 is 4.74 Å². The maximum absolute atomic E-state index is 4.68. The second-order valence-electron chi connectivity index (χ2n) is 1.41. The van der Waals surface area contributed by atoms with Gasteiger partial charge in [-0.3, -0.25) is 5.10 Å². The lowest BCUT2D eigenvalue weighted by Crippen LogP contribution is -1.82. The minimum absolute atomic E-state index is 0.391. The molecule has 0 aliphatic rings. The zero-order chi connectivity index (χ0) is 5.98. The van der Waals surface area contributed by atoms with Crippen molar-refractivity contribution >= 4 is 0 Å². The highest BCUT2D eigenvalue weighted by Crippen LogP contribution is 1.96. The van der Waals surface area contributed by atoms with Crippen LogP contribution in [0.1, 0.15) is 5.82 Å². The SMILES string of the molecule is COc1n[nH]c(C)n1. The third-order valence-corrected chi connectivity index (χ3v) is 0.759. The van der Waals surface area contributed by atoms with Gasteiger partial charge in [-0.15, -0.1) is 5.10 Å². The van der Waals surface area contributed by atoms with Gasteiger partial charge in [-0.2, -0.15) is 4.98 Å². The number of aromatic amines is 1.